The van der Waals surface area contributed by atoms with Crippen LogP contribution in [-0.2, 0) is 9.59 Å². The molecule has 0 aliphatic rings. The van der Waals surface area contributed by atoms with Crippen molar-refractivity contribution in [3.8, 4) is 5.75 Å². The van der Waals surface area contributed by atoms with Gasteiger partial charge in [-0.15, -0.1) is 0 Å². The predicted octanol–water partition coefficient (Wildman–Crippen LogP) is 2.17. The van der Waals surface area contributed by atoms with E-state index in [0.717, 1.165) is 0 Å². The van der Waals surface area contributed by atoms with E-state index in [1.165, 1.54) is 5.56 Å². The number of benzene rings is 1. The van der Waals surface area contributed by atoms with Crippen LogP contribution in [0, 0.1) is 0 Å². The van der Waals surface area contributed by atoms with E-state index < -0.39 is 12.0 Å². The maximum absolute atomic E-state index is 11.6. The predicted molar refractivity (Wildman–Crippen MR) is 75.9 cm³/mol. The standard InChI is InChI=1S/C15H21NO4/c1-10(2)12-4-6-13(7-5-12)20-9-14(17)16-11(3)8-15(18)19/h4-7,10-11H,8-9H2,1-3H3,(H,16,17)(H,18,19). The van der Waals surface area contributed by atoms with E-state index in [-0.39, 0.29) is 18.9 Å². The third-order valence-corrected chi connectivity index (χ3v) is 2.80. The van der Waals surface area contributed by atoms with Crippen LogP contribution in [0.1, 0.15) is 38.7 Å². The lowest BCUT2D eigenvalue weighted by Crippen LogP contribution is -2.37. The summed E-state index contributed by atoms with van der Waals surface area (Å²) in [7, 11) is 0. The topological polar surface area (TPSA) is 75.6 Å². The van der Waals surface area contributed by atoms with E-state index in [1.807, 2.05) is 24.3 Å². The molecular formula is C15H21NO4. The number of carbonyl (C=O) groups is 2. The number of hydrogen-bond donors (Lipinski definition) is 2. The van der Waals surface area contributed by atoms with Crippen LogP contribution in [0.2, 0.25) is 0 Å². The first-order valence-corrected chi connectivity index (χ1v) is 6.62. The van der Waals surface area contributed by atoms with Gasteiger partial charge in [-0.25, -0.2) is 0 Å². The molecule has 0 spiro atoms. The van der Waals surface area contributed by atoms with Crippen LogP contribution in [-0.4, -0.2) is 29.6 Å². The van der Waals surface area contributed by atoms with E-state index in [9.17, 15) is 9.59 Å². The minimum atomic E-state index is -0.942. The molecule has 1 aromatic carbocycles. The van der Waals surface area contributed by atoms with Crippen molar-refractivity contribution in [1.82, 2.24) is 5.32 Å². The fourth-order valence-electron chi connectivity index (χ4n) is 1.73. The van der Waals surface area contributed by atoms with Crippen molar-refractivity contribution < 1.29 is 19.4 Å². The molecule has 0 aliphatic heterocycles. The van der Waals surface area contributed by atoms with Crippen LogP contribution in [0.15, 0.2) is 24.3 Å². The van der Waals surface area contributed by atoms with Gasteiger partial charge >= 0.3 is 5.97 Å². The van der Waals surface area contributed by atoms with Gasteiger partial charge in [0.2, 0.25) is 0 Å². The summed E-state index contributed by atoms with van der Waals surface area (Å²) in [5.74, 6) is -0.200. The van der Waals surface area contributed by atoms with Crippen LogP contribution in [0.3, 0.4) is 0 Å². The fourth-order valence-corrected chi connectivity index (χ4v) is 1.73. The Labute approximate surface area is 118 Å². The number of amides is 1. The van der Waals surface area contributed by atoms with Crippen molar-refractivity contribution in [3.05, 3.63) is 29.8 Å². The lowest BCUT2D eigenvalue weighted by molar-refractivity contribution is -0.137. The van der Waals surface area contributed by atoms with Gasteiger partial charge in [-0.1, -0.05) is 26.0 Å². The van der Waals surface area contributed by atoms with E-state index in [4.69, 9.17) is 9.84 Å². The number of nitrogens with one attached hydrogen (secondary N) is 1. The van der Waals surface area contributed by atoms with E-state index in [2.05, 4.69) is 19.2 Å². The summed E-state index contributed by atoms with van der Waals surface area (Å²) in [5.41, 5.74) is 1.21. The number of carboxylic acids is 1. The second-order valence-electron chi connectivity index (χ2n) is 5.08. The number of hydrogen-bond acceptors (Lipinski definition) is 3. The van der Waals surface area contributed by atoms with Crippen molar-refractivity contribution in [2.24, 2.45) is 0 Å². The molecular weight excluding hydrogens is 258 g/mol. The smallest absolute Gasteiger partial charge is 0.305 e. The van der Waals surface area contributed by atoms with Gasteiger partial charge in [0, 0.05) is 6.04 Å². The Kier molecular flexibility index (Phi) is 6.03. The lowest BCUT2D eigenvalue weighted by atomic mass is 10.0. The molecule has 0 radical (unpaired) electrons. The van der Waals surface area contributed by atoms with Crippen LogP contribution >= 0.6 is 0 Å². The van der Waals surface area contributed by atoms with Gasteiger partial charge in [0.15, 0.2) is 6.61 Å². The summed E-state index contributed by atoms with van der Waals surface area (Å²) < 4.78 is 5.35. The average Bonchev–Trinajstić information content (AvgIpc) is 2.35. The van der Waals surface area contributed by atoms with Gasteiger partial charge in [0.1, 0.15) is 5.75 Å². The van der Waals surface area contributed by atoms with Gasteiger partial charge in [-0.3, -0.25) is 9.59 Å². The molecule has 20 heavy (non-hydrogen) atoms. The Hall–Kier alpha value is -2.04. The monoisotopic (exact) mass is 279 g/mol. The van der Waals surface area contributed by atoms with Gasteiger partial charge in [-0.05, 0) is 30.5 Å². The molecule has 2 N–H and O–H groups in total. The quantitative estimate of drug-likeness (QED) is 0.802. The van der Waals surface area contributed by atoms with Gasteiger partial charge < -0.3 is 15.2 Å². The second kappa shape index (κ2) is 7.53. The van der Waals surface area contributed by atoms with Crippen LogP contribution in [0.25, 0.3) is 0 Å². The number of rotatable bonds is 7. The molecule has 0 aromatic heterocycles. The molecule has 0 aliphatic carbocycles. The van der Waals surface area contributed by atoms with Crippen LogP contribution in [0.5, 0.6) is 5.75 Å². The van der Waals surface area contributed by atoms with Crippen LogP contribution in [0.4, 0.5) is 0 Å². The zero-order chi connectivity index (χ0) is 15.1. The highest BCUT2D eigenvalue weighted by Gasteiger charge is 2.11. The minimum Gasteiger partial charge on any atom is -0.484 e. The summed E-state index contributed by atoms with van der Waals surface area (Å²) in [4.78, 5) is 22.0. The third kappa shape index (κ3) is 5.73. The lowest BCUT2D eigenvalue weighted by Gasteiger charge is -2.12. The Morgan fingerprint density at radius 1 is 1.20 bits per heavy atom. The molecule has 0 saturated carbocycles. The minimum absolute atomic E-state index is 0.102. The van der Waals surface area contributed by atoms with Crippen molar-refractivity contribution in [3.63, 3.8) is 0 Å². The Bertz CT molecular complexity index is 453. The number of ether oxygens (including phenoxy) is 1. The van der Waals surface area contributed by atoms with E-state index in [1.54, 1.807) is 6.92 Å². The van der Waals surface area contributed by atoms with Crippen molar-refractivity contribution in [2.75, 3.05) is 6.61 Å². The van der Waals surface area contributed by atoms with E-state index in [0.29, 0.717) is 11.7 Å². The maximum Gasteiger partial charge on any atom is 0.305 e. The first-order valence-electron chi connectivity index (χ1n) is 6.62. The third-order valence-electron chi connectivity index (χ3n) is 2.80. The Morgan fingerprint density at radius 3 is 2.30 bits per heavy atom. The number of aliphatic carboxylic acids is 1. The molecule has 1 aromatic rings. The highest BCUT2D eigenvalue weighted by atomic mass is 16.5. The SMILES string of the molecule is CC(CC(=O)O)NC(=O)COc1ccc(C(C)C)cc1. The summed E-state index contributed by atoms with van der Waals surface area (Å²) >= 11 is 0. The molecule has 1 atom stereocenters. The molecule has 0 saturated heterocycles. The largest absolute Gasteiger partial charge is 0.484 e. The first kappa shape index (κ1) is 16.0. The number of carboxylic acid groups (broad SMARTS) is 1. The van der Waals surface area contributed by atoms with E-state index >= 15 is 0 Å². The zero-order valence-electron chi connectivity index (χ0n) is 12.1. The fraction of sp³-hybridized carbons (Fsp3) is 0.467. The molecule has 0 heterocycles. The Balaban J connectivity index is 2.39. The normalized spacial score (nSPS) is 12.0. The zero-order valence-corrected chi connectivity index (χ0v) is 12.1. The summed E-state index contributed by atoms with van der Waals surface area (Å²) in [6.07, 6.45) is -0.102. The molecule has 110 valence electrons. The maximum atomic E-state index is 11.6. The molecule has 0 fully saturated rings. The highest BCUT2D eigenvalue weighted by Crippen LogP contribution is 2.18. The molecule has 0 bridgehead atoms. The average molecular weight is 279 g/mol. The second-order valence-corrected chi connectivity index (χ2v) is 5.08. The van der Waals surface area contributed by atoms with Crippen molar-refractivity contribution in [1.29, 1.82) is 0 Å². The number of carbonyl (C=O) groups excluding carboxylic acids is 1. The molecule has 5 heteroatoms. The first-order chi connectivity index (χ1) is 9.38. The van der Waals surface area contributed by atoms with Gasteiger partial charge in [0.05, 0.1) is 6.42 Å². The summed E-state index contributed by atoms with van der Waals surface area (Å²) in [6.45, 7) is 5.73. The van der Waals surface area contributed by atoms with Crippen LogP contribution < -0.4 is 10.1 Å². The van der Waals surface area contributed by atoms with Gasteiger partial charge in [0.25, 0.3) is 5.91 Å². The van der Waals surface area contributed by atoms with Crippen molar-refractivity contribution >= 4 is 11.9 Å². The molecule has 1 rings (SSSR count). The summed E-state index contributed by atoms with van der Waals surface area (Å²) in [6, 6.07) is 7.16. The summed E-state index contributed by atoms with van der Waals surface area (Å²) in [5, 5.41) is 11.2. The van der Waals surface area contributed by atoms with Crippen molar-refractivity contribution in [2.45, 2.75) is 39.2 Å². The molecule has 1 unspecified atom stereocenters. The molecule has 5 nitrogen and oxygen atoms in total. The highest BCUT2D eigenvalue weighted by molar-refractivity contribution is 5.78. The Morgan fingerprint density at radius 2 is 1.80 bits per heavy atom. The molecule has 1 amide bonds. The van der Waals surface area contributed by atoms with Gasteiger partial charge in [-0.2, -0.15) is 0 Å².